The molecule has 2 N–H and O–H groups in total. The van der Waals surface area contributed by atoms with Crippen LogP contribution in [0.1, 0.15) is 30.3 Å². The van der Waals surface area contributed by atoms with Gasteiger partial charge in [-0.15, -0.1) is 11.8 Å². The number of rotatable bonds is 1. The van der Waals surface area contributed by atoms with Crippen molar-refractivity contribution in [1.82, 2.24) is 4.98 Å². The first-order valence-electron chi connectivity index (χ1n) is 5.44. The summed E-state index contributed by atoms with van der Waals surface area (Å²) >= 11 is 1.60. The van der Waals surface area contributed by atoms with Crippen LogP contribution in [0.15, 0.2) is 11.1 Å². The number of nitrogens with zero attached hydrogens (tertiary/aromatic N) is 1. The number of thioether (sulfide) groups is 1. The van der Waals surface area contributed by atoms with Crippen LogP contribution in [0.3, 0.4) is 0 Å². The van der Waals surface area contributed by atoms with Crippen molar-refractivity contribution >= 4 is 29.3 Å². The van der Waals surface area contributed by atoms with Crippen LogP contribution in [0.25, 0.3) is 0 Å². The number of aromatic nitrogens is 1. The number of carbonyl (C=O) groups excluding carboxylic acids is 1. The lowest BCUT2D eigenvalue weighted by Crippen LogP contribution is -2.38. The Labute approximate surface area is 102 Å². The number of anilines is 1. The first-order valence-corrected chi connectivity index (χ1v) is 6.26. The predicted octanol–water partition coefficient (Wildman–Crippen LogP) is 1.70. The van der Waals surface area contributed by atoms with E-state index in [4.69, 9.17) is 5.11 Å². The number of H-pyrrole nitrogens is 1. The van der Waals surface area contributed by atoms with Crippen molar-refractivity contribution in [3.8, 4) is 0 Å². The number of aromatic carboxylic acids is 1. The fourth-order valence-corrected chi connectivity index (χ4v) is 3.62. The Kier molecular flexibility index (Phi) is 2.07. The lowest BCUT2D eigenvalue weighted by atomic mass is 10.3. The molecule has 6 heteroatoms. The standard InChI is InChI=1S/C11H12N2O3S/c1-6(14)13-5-11(2-3-11)17-9-7(13)4-12-8(9)10(15)16/h4,12H,2-3,5H2,1H3,(H,15,16). The third-order valence-corrected chi connectivity index (χ3v) is 4.86. The zero-order valence-corrected chi connectivity index (χ0v) is 10.1. The number of aromatic amines is 1. The van der Waals surface area contributed by atoms with Crippen molar-refractivity contribution in [2.75, 3.05) is 11.4 Å². The van der Waals surface area contributed by atoms with Crippen molar-refractivity contribution in [3.05, 3.63) is 11.9 Å². The predicted molar refractivity (Wildman–Crippen MR) is 63.6 cm³/mol. The van der Waals surface area contributed by atoms with Crippen LogP contribution < -0.4 is 4.90 Å². The van der Waals surface area contributed by atoms with Crippen molar-refractivity contribution in [2.45, 2.75) is 29.4 Å². The van der Waals surface area contributed by atoms with E-state index in [1.54, 1.807) is 22.9 Å². The van der Waals surface area contributed by atoms with E-state index in [1.165, 1.54) is 6.92 Å². The van der Waals surface area contributed by atoms with Crippen LogP contribution in [0, 0.1) is 0 Å². The van der Waals surface area contributed by atoms with Crippen LogP contribution >= 0.6 is 11.8 Å². The summed E-state index contributed by atoms with van der Waals surface area (Å²) in [5.41, 5.74) is 0.902. The SMILES string of the molecule is CC(=O)N1CC2(CC2)Sc2c1c[nH]c2C(=O)O. The molecule has 90 valence electrons. The zero-order chi connectivity index (χ0) is 12.2. The molecule has 1 aliphatic heterocycles. The Morgan fingerprint density at radius 2 is 2.24 bits per heavy atom. The third kappa shape index (κ3) is 1.55. The first kappa shape index (κ1) is 10.7. The second-order valence-electron chi connectivity index (χ2n) is 4.57. The average molecular weight is 252 g/mol. The summed E-state index contributed by atoms with van der Waals surface area (Å²) in [6.07, 6.45) is 3.71. The fraction of sp³-hybridized carbons (Fsp3) is 0.455. The molecular weight excluding hydrogens is 240 g/mol. The van der Waals surface area contributed by atoms with E-state index in [0.717, 1.165) is 12.8 Å². The summed E-state index contributed by atoms with van der Waals surface area (Å²) < 4.78 is 0.0606. The van der Waals surface area contributed by atoms with Gasteiger partial charge in [-0.3, -0.25) is 4.79 Å². The maximum atomic E-state index is 11.6. The molecule has 1 amide bonds. The van der Waals surface area contributed by atoms with Gasteiger partial charge in [0.15, 0.2) is 0 Å². The number of carboxylic acid groups (broad SMARTS) is 1. The Hall–Kier alpha value is -1.43. The molecule has 1 aliphatic carbocycles. The molecule has 5 nitrogen and oxygen atoms in total. The van der Waals surface area contributed by atoms with Gasteiger partial charge in [-0.1, -0.05) is 0 Å². The molecule has 0 saturated heterocycles. The molecule has 1 saturated carbocycles. The molecule has 2 heterocycles. The highest BCUT2D eigenvalue weighted by Crippen LogP contribution is 2.58. The van der Waals surface area contributed by atoms with Gasteiger partial charge in [-0.05, 0) is 12.8 Å². The van der Waals surface area contributed by atoms with E-state index in [2.05, 4.69) is 4.98 Å². The van der Waals surface area contributed by atoms with Crippen molar-refractivity contribution in [2.24, 2.45) is 0 Å². The number of hydrogen-bond acceptors (Lipinski definition) is 3. The van der Waals surface area contributed by atoms with Gasteiger partial charge >= 0.3 is 5.97 Å². The second kappa shape index (κ2) is 3.29. The van der Waals surface area contributed by atoms with Crippen LogP contribution in [-0.4, -0.2) is 33.3 Å². The van der Waals surface area contributed by atoms with Crippen LogP contribution in [0.4, 0.5) is 5.69 Å². The van der Waals surface area contributed by atoms with E-state index < -0.39 is 5.97 Å². The van der Waals surface area contributed by atoms with E-state index in [0.29, 0.717) is 17.1 Å². The lowest BCUT2D eigenvalue weighted by Gasteiger charge is -2.31. The van der Waals surface area contributed by atoms with Crippen LogP contribution in [0.2, 0.25) is 0 Å². The molecule has 2 aliphatic rings. The number of fused-ring (bicyclic) bond motifs is 1. The minimum atomic E-state index is -0.972. The van der Waals surface area contributed by atoms with Gasteiger partial charge in [0.2, 0.25) is 5.91 Å². The Morgan fingerprint density at radius 1 is 1.53 bits per heavy atom. The lowest BCUT2D eigenvalue weighted by molar-refractivity contribution is -0.116. The number of amides is 1. The summed E-state index contributed by atoms with van der Waals surface area (Å²) in [7, 11) is 0. The Balaban J connectivity index is 2.10. The molecule has 1 aromatic rings. The smallest absolute Gasteiger partial charge is 0.353 e. The summed E-state index contributed by atoms with van der Waals surface area (Å²) in [5.74, 6) is -1.01. The minimum absolute atomic E-state index is 0.0336. The Bertz CT molecular complexity index is 519. The van der Waals surface area contributed by atoms with Gasteiger partial charge in [-0.25, -0.2) is 4.79 Å². The number of hydrogen-bond donors (Lipinski definition) is 2. The monoisotopic (exact) mass is 252 g/mol. The minimum Gasteiger partial charge on any atom is -0.477 e. The fourth-order valence-electron chi connectivity index (χ4n) is 2.17. The summed E-state index contributed by atoms with van der Waals surface area (Å²) in [4.78, 5) is 27.8. The van der Waals surface area contributed by atoms with E-state index in [9.17, 15) is 9.59 Å². The highest BCUT2D eigenvalue weighted by atomic mass is 32.2. The molecule has 0 atom stereocenters. The maximum Gasteiger partial charge on any atom is 0.353 e. The summed E-state index contributed by atoms with van der Waals surface area (Å²) in [6.45, 7) is 2.21. The highest BCUT2D eigenvalue weighted by Gasteiger charge is 2.50. The zero-order valence-electron chi connectivity index (χ0n) is 9.32. The van der Waals surface area contributed by atoms with Crippen LogP contribution in [0.5, 0.6) is 0 Å². The normalized spacial score (nSPS) is 20.2. The molecule has 1 fully saturated rings. The van der Waals surface area contributed by atoms with E-state index in [-0.39, 0.29) is 16.3 Å². The Morgan fingerprint density at radius 3 is 2.76 bits per heavy atom. The largest absolute Gasteiger partial charge is 0.477 e. The topological polar surface area (TPSA) is 73.4 Å². The molecular formula is C11H12N2O3S. The van der Waals surface area contributed by atoms with Crippen molar-refractivity contribution in [1.29, 1.82) is 0 Å². The number of carboxylic acids is 1. The van der Waals surface area contributed by atoms with Crippen LogP contribution in [-0.2, 0) is 4.79 Å². The second-order valence-corrected chi connectivity index (χ2v) is 6.05. The van der Waals surface area contributed by atoms with Crippen molar-refractivity contribution in [3.63, 3.8) is 0 Å². The maximum absolute atomic E-state index is 11.6. The van der Waals surface area contributed by atoms with Gasteiger partial charge in [-0.2, -0.15) is 0 Å². The molecule has 0 aromatic carbocycles. The third-order valence-electron chi connectivity index (χ3n) is 3.27. The summed E-state index contributed by atoms with van der Waals surface area (Å²) in [5, 5.41) is 9.10. The first-order chi connectivity index (χ1) is 8.02. The number of nitrogens with one attached hydrogen (secondary N) is 1. The van der Waals surface area contributed by atoms with Gasteiger partial charge in [0.05, 0.1) is 10.6 Å². The highest BCUT2D eigenvalue weighted by molar-refractivity contribution is 8.01. The molecule has 0 unspecified atom stereocenters. The van der Waals surface area contributed by atoms with Gasteiger partial charge in [0.1, 0.15) is 5.69 Å². The molecule has 1 spiro atoms. The van der Waals surface area contributed by atoms with E-state index in [1.807, 2.05) is 0 Å². The molecule has 17 heavy (non-hydrogen) atoms. The summed E-state index contributed by atoms with van der Waals surface area (Å²) in [6, 6.07) is 0. The van der Waals surface area contributed by atoms with Gasteiger partial charge in [0.25, 0.3) is 0 Å². The van der Waals surface area contributed by atoms with Crippen molar-refractivity contribution < 1.29 is 14.7 Å². The number of carbonyl (C=O) groups is 2. The molecule has 3 rings (SSSR count). The molecule has 1 aromatic heterocycles. The van der Waals surface area contributed by atoms with Gasteiger partial charge < -0.3 is 15.0 Å². The van der Waals surface area contributed by atoms with E-state index >= 15 is 0 Å². The average Bonchev–Trinajstić information content (AvgIpc) is 2.86. The molecule has 0 radical (unpaired) electrons. The molecule has 0 bridgehead atoms. The van der Waals surface area contributed by atoms with Gasteiger partial charge in [0, 0.05) is 24.4 Å². The quantitative estimate of drug-likeness (QED) is 0.798.